The molecular formula is C23H24N8O5. The fraction of sp³-hybridized carbons (Fsp3) is 0.217. The van der Waals surface area contributed by atoms with Crippen LogP contribution < -0.4 is 15.5 Å². The number of nitro groups is 1. The lowest BCUT2D eigenvalue weighted by Gasteiger charge is -2.10. The molecule has 186 valence electrons. The van der Waals surface area contributed by atoms with E-state index in [4.69, 9.17) is 4.74 Å². The van der Waals surface area contributed by atoms with Crippen molar-refractivity contribution in [3.63, 3.8) is 0 Å². The number of amides is 2. The van der Waals surface area contributed by atoms with Gasteiger partial charge in [0.05, 0.1) is 22.5 Å². The topological polar surface area (TPSA) is 167 Å². The fourth-order valence-electron chi connectivity index (χ4n) is 2.81. The number of nitrogens with zero attached hydrogens (tertiary/aromatic N) is 6. The first-order valence-electron chi connectivity index (χ1n) is 10.9. The number of nitrogens with one attached hydrogen (secondary N) is 2. The highest BCUT2D eigenvalue weighted by Crippen LogP contribution is 2.15. The summed E-state index contributed by atoms with van der Waals surface area (Å²) in [5, 5.41) is 27.7. The largest absolute Gasteiger partial charge is 0.514 e. The van der Waals surface area contributed by atoms with Gasteiger partial charge in [-0.1, -0.05) is 42.1 Å². The summed E-state index contributed by atoms with van der Waals surface area (Å²) in [6.07, 6.45) is 2.38. The number of benzene rings is 2. The van der Waals surface area contributed by atoms with Gasteiger partial charge < -0.3 is 20.2 Å². The van der Waals surface area contributed by atoms with Gasteiger partial charge in [-0.3, -0.25) is 9.59 Å². The first kappa shape index (κ1) is 25.7. The third kappa shape index (κ3) is 7.55. The summed E-state index contributed by atoms with van der Waals surface area (Å²) in [6.45, 7) is 4.12. The predicted molar refractivity (Wildman–Crippen MR) is 130 cm³/mol. The molecule has 0 saturated heterocycles. The first-order chi connectivity index (χ1) is 17.4. The molecule has 0 unspecified atom stereocenters. The van der Waals surface area contributed by atoms with E-state index in [0.29, 0.717) is 29.2 Å². The molecule has 0 saturated carbocycles. The van der Waals surface area contributed by atoms with Crippen molar-refractivity contribution in [3.8, 4) is 5.75 Å². The van der Waals surface area contributed by atoms with Gasteiger partial charge in [0.25, 0.3) is 11.8 Å². The summed E-state index contributed by atoms with van der Waals surface area (Å²) >= 11 is 0. The molecule has 13 heteroatoms. The summed E-state index contributed by atoms with van der Waals surface area (Å²) in [5.41, 5.74) is 3.68. The Morgan fingerprint density at radius 2 is 1.89 bits per heavy atom. The fourth-order valence-corrected chi connectivity index (χ4v) is 2.81. The molecule has 36 heavy (non-hydrogen) atoms. The highest BCUT2D eigenvalue weighted by atomic mass is 16.6. The number of ether oxygens (including phenoxy) is 1. The molecule has 0 atom stereocenters. The van der Waals surface area contributed by atoms with Crippen molar-refractivity contribution in [3.05, 3.63) is 81.5 Å². The van der Waals surface area contributed by atoms with E-state index in [1.165, 1.54) is 6.08 Å². The van der Waals surface area contributed by atoms with E-state index in [2.05, 4.69) is 31.3 Å². The average Bonchev–Trinajstić information content (AvgIpc) is 3.35. The Labute approximate surface area is 206 Å². The Morgan fingerprint density at radius 1 is 1.17 bits per heavy atom. The van der Waals surface area contributed by atoms with Gasteiger partial charge in [0.15, 0.2) is 0 Å². The van der Waals surface area contributed by atoms with Crippen molar-refractivity contribution in [2.45, 2.75) is 26.8 Å². The summed E-state index contributed by atoms with van der Waals surface area (Å²) < 4.78 is 5.57. The lowest BCUT2D eigenvalue weighted by Crippen LogP contribution is -2.33. The molecule has 2 aromatic carbocycles. The molecule has 1 aromatic heterocycles. The SMILES string of the molecule is CCCOc1ccc(/C=C(/NC(=O)c2ccccc2)C(=O)N/N=C(\C)Cn2nnc([N+](=O)[O-])n2)cc1. The van der Waals surface area contributed by atoms with Crippen molar-refractivity contribution in [1.29, 1.82) is 0 Å². The summed E-state index contributed by atoms with van der Waals surface area (Å²) in [4.78, 5) is 36.5. The van der Waals surface area contributed by atoms with Crippen LogP contribution in [0.1, 0.15) is 36.2 Å². The zero-order valence-electron chi connectivity index (χ0n) is 19.6. The van der Waals surface area contributed by atoms with Crippen LogP contribution in [0.25, 0.3) is 6.08 Å². The molecule has 0 fully saturated rings. The molecular weight excluding hydrogens is 468 g/mol. The molecule has 0 bridgehead atoms. The van der Waals surface area contributed by atoms with Gasteiger partial charge in [0, 0.05) is 10.8 Å². The highest BCUT2D eigenvalue weighted by molar-refractivity contribution is 6.05. The number of rotatable bonds is 11. The number of aromatic nitrogens is 4. The minimum Gasteiger partial charge on any atom is -0.494 e. The predicted octanol–water partition coefficient (Wildman–Crippen LogP) is 2.33. The molecule has 0 radical (unpaired) electrons. The van der Waals surface area contributed by atoms with Crippen LogP contribution in [0.15, 0.2) is 65.4 Å². The van der Waals surface area contributed by atoms with Crippen LogP contribution in [0, 0.1) is 10.1 Å². The Morgan fingerprint density at radius 3 is 2.53 bits per heavy atom. The van der Waals surface area contributed by atoms with Crippen molar-refractivity contribution in [2.24, 2.45) is 5.10 Å². The Balaban J connectivity index is 1.76. The monoisotopic (exact) mass is 492 g/mol. The number of carbonyl (C=O) groups is 2. The van der Waals surface area contributed by atoms with Crippen molar-refractivity contribution in [2.75, 3.05) is 6.61 Å². The minimum atomic E-state index is -0.771. The normalized spacial score (nSPS) is 11.6. The summed E-state index contributed by atoms with van der Waals surface area (Å²) in [6, 6.07) is 15.5. The van der Waals surface area contributed by atoms with Gasteiger partial charge in [0.2, 0.25) is 0 Å². The van der Waals surface area contributed by atoms with Gasteiger partial charge in [-0.25, -0.2) is 5.43 Å². The standard InChI is InChI=1S/C23H24N8O5/c1-3-13-36-19-11-9-17(10-12-19)14-20(24-21(32)18-7-5-4-6-8-18)22(33)26-25-16(2)15-30-28-23(27-29-30)31(34)35/h4-12,14H,3,13,15H2,1-2H3,(H,24,32)(H,26,33)/b20-14+,25-16+. The molecule has 13 nitrogen and oxygen atoms in total. The van der Waals surface area contributed by atoms with Gasteiger partial charge in [0.1, 0.15) is 18.0 Å². The van der Waals surface area contributed by atoms with Crippen molar-refractivity contribution >= 4 is 29.6 Å². The molecule has 2 amide bonds. The van der Waals surface area contributed by atoms with Crippen LogP contribution in [-0.4, -0.2) is 49.3 Å². The molecule has 1 heterocycles. The zero-order chi connectivity index (χ0) is 25.9. The summed E-state index contributed by atoms with van der Waals surface area (Å²) in [5.74, 6) is -1.11. The molecule has 0 aliphatic rings. The van der Waals surface area contributed by atoms with E-state index in [0.717, 1.165) is 11.2 Å². The lowest BCUT2D eigenvalue weighted by atomic mass is 10.1. The number of hydrogen-bond donors (Lipinski definition) is 2. The molecule has 0 aliphatic heterocycles. The third-order valence-corrected chi connectivity index (χ3v) is 4.52. The zero-order valence-corrected chi connectivity index (χ0v) is 19.6. The molecule has 3 rings (SSSR count). The van der Waals surface area contributed by atoms with Crippen LogP contribution in [0.3, 0.4) is 0 Å². The first-order valence-corrected chi connectivity index (χ1v) is 10.9. The van der Waals surface area contributed by atoms with Crippen LogP contribution in [0.4, 0.5) is 5.95 Å². The van der Waals surface area contributed by atoms with Crippen LogP contribution in [0.2, 0.25) is 0 Å². The Hall–Kier alpha value is -4.94. The van der Waals surface area contributed by atoms with Crippen LogP contribution in [0.5, 0.6) is 5.75 Å². The van der Waals surface area contributed by atoms with Gasteiger partial charge in [-0.2, -0.15) is 5.10 Å². The van der Waals surface area contributed by atoms with Gasteiger partial charge >= 0.3 is 5.95 Å². The second-order valence-electron chi connectivity index (χ2n) is 7.46. The van der Waals surface area contributed by atoms with Crippen molar-refractivity contribution < 1.29 is 19.2 Å². The van der Waals surface area contributed by atoms with E-state index in [1.807, 2.05) is 6.92 Å². The second kappa shape index (κ2) is 12.5. The van der Waals surface area contributed by atoms with E-state index < -0.39 is 22.7 Å². The smallest absolute Gasteiger partial charge is 0.494 e. The maximum atomic E-state index is 12.9. The number of tetrazole rings is 1. The maximum Gasteiger partial charge on any atom is 0.514 e. The van der Waals surface area contributed by atoms with E-state index >= 15 is 0 Å². The van der Waals surface area contributed by atoms with Crippen molar-refractivity contribution in [1.82, 2.24) is 30.9 Å². The quantitative estimate of drug-likeness (QED) is 0.178. The average molecular weight is 492 g/mol. The molecule has 2 N–H and O–H groups in total. The van der Waals surface area contributed by atoms with Crippen LogP contribution in [-0.2, 0) is 11.3 Å². The third-order valence-electron chi connectivity index (χ3n) is 4.52. The van der Waals surface area contributed by atoms with E-state index in [9.17, 15) is 19.7 Å². The second-order valence-corrected chi connectivity index (χ2v) is 7.46. The number of hydrogen-bond acceptors (Lipinski definition) is 9. The lowest BCUT2D eigenvalue weighted by molar-refractivity contribution is -0.394. The minimum absolute atomic E-state index is 0.0443. The van der Waals surface area contributed by atoms with Gasteiger partial charge in [-0.15, -0.1) is 0 Å². The molecule has 0 aliphatic carbocycles. The highest BCUT2D eigenvalue weighted by Gasteiger charge is 2.17. The van der Waals surface area contributed by atoms with E-state index in [1.54, 1.807) is 61.5 Å². The molecule has 0 spiro atoms. The maximum absolute atomic E-state index is 12.9. The Kier molecular flexibility index (Phi) is 8.92. The summed E-state index contributed by atoms with van der Waals surface area (Å²) in [7, 11) is 0. The van der Waals surface area contributed by atoms with E-state index in [-0.39, 0.29) is 12.2 Å². The number of hydrazone groups is 1. The van der Waals surface area contributed by atoms with Gasteiger partial charge in [-0.05, 0) is 54.2 Å². The number of carbonyl (C=O) groups excluding carboxylic acids is 2. The van der Waals surface area contributed by atoms with Crippen LogP contribution >= 0.6 is 0 Å². The Bertz CT molecular complexity index is 1270. The molecule has 3 aromatic rings.